The Morgan fingerprint density at radius 2 is 2.04 bits per heavy atom. The molecule has 1 aromatic rings. The van der Waals surface area contributed by atoms with Crippen LogP contribution in [0.25, 0.3) is 0 Å². The first-order valence-electron chi connectivity index (χ1n) is 8.92. The van der Waals surface area contributed by atoms with Crippen molar-refractivity contribution in [1.29, 1.82) is 0 Å². The van der Waals surface area contributed by atoms with Crippen molar-refractivity contribution in [3.8, 4) is 0 Å². The minimum atomic E-state index is -3.68. The lowest BCUT2D eigenvalue weighted by atomic mass is 10.0. The van der Waals surface area contributed by atoms with Gasteiger partial charge in [0.2, 0.25) is 15.9 Å². The molecule has 1 amide bonds. The maximum atomic E-state index is 13.0. The first-order valence-corrected chi connectivity index (χ1v) is 10.4. The van der Waals surface area contributed by atoms with Crippen LogP contribution < -0.4 is 4.90 Å². The highest BCUT2D eigenvalue weighted by Crippen LogP contribution is 2.32. The average Bonchev–Trinajstić information content (AvgIpc) is 3.05. The molecule has 0 N–H and O–H groups in total. The average molecular weight is 380 g/mol. The standard InChI is InChI=1S/C18H24N2O5S/c1-3-25-18(22)15-5-4-9-19(12-15)26(23,24)16-6-7-17-14(11-16)8-10-20(17)13(2)21/h6-7,11,15H,3-5,8-10,12H2,1-2H3/t15-/m1/s1. The zero-order valence-corrected chi connectivity index (χ0v) is 15.9. The number of esters is 1. The highest BCUT2D eigenvalue weighted by Gasteiger charge is 2.35. The summed E-state index contributed by atoms with van der Waals surface area (Å²) in [5.74, 6) is -0.799. The van der Waals surface area contributed by atoms with Gasteiger partial charge in [-0.15, -0.1) is 0 Å². The normalized spacial score (nSPS) is 20.7. The summed E-state index contributed by atoms with van der Waals surface area (Å²) >= 11 is 0. The highest BCUT2D eigenvalue weighted by molar-refractivity contribution is 7.89. The Kier molecular flexibility index (Phi) is 5.34. The number of hydrogen-bond acceptors (Lipinski definition) is 5. The first kappa shape index (κ1) is 18.8. The first-order chi connectivity index (χ1) is 12.3. The summed E-state index contributed by atoms with van der Waals surface area (Å²) in [5, 5.41) is 0. The lowest BCUT2D eigenvalue weighted by Crippen LogP contribution is -2.42. The summed E-state index contributed by atoms with van der Waals surface area (Å²) < 4.78 is 32.5. The molecular formula is C18H24N2O5S. The number of anilines is 1. The minimum Gasteiger partial charge on any atom is -0.466 e. The van der Waals surface area contributed by atoms with Gasteiger partial charge in [-0.2, -0.15) is 4.31 Å². The van der Waals surface area contributed by atoms with Crippen LogP contribution >= 0.6 is 0 Å². The Bertz CT molecular complexity index is 821. The summed E-state index contributed by atoms with van der Waals surface area (Å²) in [6, 6.07) is 4.90. The zero-order chi connectivity index (χ0) is 18.9. The van der Waals surface area contributed by atoms with E-state index in [1.807, 2.05) is 0 Å². The van der Waals surface area contributed by atoms with Crippen molar-refractivity contribution in [1.82, 2.24) is 4.31 Å². The van der Waals surface area contributed by atoms with Crippen molar-refractivity contribution < 1.29 is 22.7 Å². The smallest absolute Gasteiger partial charge is 0.310 e. The third-order valence-corrected chi connectivity index (χ3v) is 6.83. The highest BCUT2D eigenvalue weighted by atomic mass is 32.2. The molecule has 7 nitrogen and oxygen atoms in total. The molecule has 142 valence electrons. The lowest BCUT2D eigenvalue weighted by Gasteiger charge is -2.30. The van der Waals surface area contributed by atoms with Gasteiger partial charge in [0, 0.05) is 32.2 Å². The predicted octanol–water partition coefficient (Wildman–Crippen LogP) is 1.56. The topological polar surface area (TPSA) is 84.0 Å². The molecule has 1 saturated heterocycles. The molecule has 0 saturated carbocycles. The van der Waals surface area contributed by atoms with Crippen molar-refractivity contribution in [2.24, 2.45) is 5.92 Å². The van der Waals surface area contributed by atoms with Crippen molar-refractivity contribution in [3.63, 3.8) is 0 Å². The van der Waals surface area contributed by atoms with Crippen molar-refractivity contribution in [2.45, 2.75) is 38.0 Å². The van der Waals surface area contributed by atoms with E-state index in [9.17, 15) is 18.0 Å². The number of benzene rings is 1. The van der Waals surface area contributed by atoms with Crippen molar-refractivity contribution in [3.05, 3.63) is 23.8 Å². The SMILES string of the molecule is CCOC(=O)[C@@H]1CCCN(S(=O)(=O)c2ccc3c(c2)CCN3C(C)=O)C1. The lowest BCUT2D eigenvalue weighted by molar-refractivity contribution is -0.149. The monoisotopic (exact) mass is 380 g/mol. The molecule has 0 bridgehead atoms. The third kappa shape index (κ3) is 3.48. The minimum absolute atomic E-state index is 0.0485. The summed E-state index contributed by atoms with van der Waals surface area (Å²) in [4.78, 5) is 25.5. The Labute approximate surface area is 154 Å². The van der Waals surface area contributed by atoms with Gasteiger partial charge in [0.25, 0.3) is 0 Å². The quantitative estimate of drug-likeness (QED) is 0.740. The van der Waals surface area contributed by atoms with Gasteiger partial charge in [-0.1, -0.05) is 0 Å². The number of fused-ring (bicyclic) bond motifs is 1. The van der Waals surface area contributed by atoms with Crippen LogP contribution in [-0.2, 0) is 30.8 Å². The Morgan fingerprint density at radius 1 is 1.27 bits per heavy atom. The molecular weight excluding hydrogens is 356 g/mol. The summed E-state index contributed by atoms with van der Waals surface area (Å²) in [5.41, 5.74) is 1.64. The van der Waals surface area contributed by atoms with Crippen molar-refractivity contribution >= 4 is 27.6 Å². The van der Waals surface area contributed by atoms with E-state index in [1.54, 1.807) is 30.0 Å². The summed E-state index contributed by atoms with van der Waals surface area (Å²) in [6.45, 7) is 4.65. The number of ether oxygens (including phenoxy) is 1. The van der Waals surface area contributed by atoms with E-state index in [0.29, 0.717) is 39.0 Å². The fraction of sp³-hybridized carbons (Fsp3) is 0.556. The molecule has 0 spiro atoms. The Hall–Kier alpha value is -1.93. The molecule has 8 heteroatoms. The van der Waals surface area contributed by atoms with Gasteiger partial charge >= 0.3 is 5.97 Å². The van der Waals surface area contributed by atoms with Gasteiger partial charge in [-0.3, -0.25) is 9.59 Å². The van der Waals surface area contributed by atoms with Gasteiger partial charge in [0.15, 0.2) is 0 Å². The number of nitrogens with zero attached hydrogens (tertiary/aromatic N) is 2. The number of rotatable bonds is 4. The molecule has 0 aromatic heterocycles. The summed E-state index contributed by atoms with van der Waals surface area (Å²) in [7, 11) is -3.68. The van der Waals surface area contributed by atoms with Crippen LogP contribution in [0, 0.1) is 5.92 Å². The second-order valence-corrected chi connectivity index (χ2v) is 8.60. The fourth-order valence-electron chi connectivity index (χ4n) is 3.63. The number of carbonyl (C=O) groups is 2. The largest absolute Gasteiger partial charge is 0.466 e. The van der Waals surface area contributed by atoms with E-state index in [-0.39, 0.29) is 23.3 Å². The van der Waals surface area contributed by atoms with Gasteiger partial charge in [0.1, 0.15) is 0 Å². The molecule has 2 aliphatic rings. The number of carbonyl (C=O) groups excluding carboxylic acids is 2. The number of hydrogen-bond donors (Lipinski definition) is 0. The molecule has 1 aromatic carbocycles. The molecule has 2 aliphatic heterocycles. The maximum Gasteiger partial charge on any atom is 0.310 e. The summed E-state index contributed by atoms with van der Waals surface area (Å²) in [6.07, 6.45) is 1.91. The van der Waals surface area contributed by atoms with Crippen LogP contribution in [0.15, 0.2) is 23.1 Å². The molecule has 3 rings (SSSR count). The van der Waals surface area contributed by atoms with E-state index < -0.39 is 15.9 Å². The molecule has 2 heterocycles. The maximum absolute atomic E-state index is 13.0. The van der Waals surface area contributed by atoms with Gasteiger partial charge in [-0.25, -0.2) is 8.42 Å². The van der Waals surface area contributed by atoms with Gasteiger partial charge in [0.05, 0.1) is 17.4 Å². The van der Waals surface area contributed by atoms with Crippen LogP contribution in [0.1, 0.15) is 32.3 Å². The number of sulfonamides is 1. The molecule has 26 heavy (non-hydrogen) atoms. The van der Waals surface area contributed by atoms with E-state index in [2.05, 4.69) is 0 Å². The zero-order valence-electron chi connectivity index (χ0n) is 15.1. The molecule has 0 aliphatic carbocycles. The fourth-order valence-corrected chi connectivity index (χ4v) is 5.20. The van der Waals surface area contributed by atoms with Gasteiger partial charge < -0.3 is 9.64 Å². The molecule has 1 fully saturated rings. The molecule has 1 atom stereocenters. The predicted molar refractivity (Wildman–Crippen MR) is 96.3 cm³/mol. The molecule has 0 unspecified atom stereocenters. The third-order valence-electron chi connectivity index (χ3n) is 4.97. The van der Waals surface area contributed by atoms with Crippen LogP contribution in [0.4, 0.5) is 5.69 Å². The van der Waals surface area contributed by atoms with Crippen LogP contribution in [-0.4, -0.2) is 50.8 Å². The van der Waals surface area contributed by atoms with E-state index in [4.69, 9.17) is 4.74 Å². The second-order valence-electron chi connectivity index (χ2n) is 6.67. The number of amides is 1. The van der Waals surface area contributed by atoms with E-state index in [1.165, 1.54) is 11.2 Å². The number of piperidine rings is 1. The second kappa shape index (κ2) is 7.36. The van der Waals surface area contributed by atoms with Crippen LogP contribution in [0.3, 0.4) is 0 Å². The van der Waals surface area contributed by atoms with Crippen LogP contribution in [0.5, 0.6) is 0 Å². The van der Waals surface area contributed by atoms with Crippen molar-refractivity contribution in [2.75, 3.05) is 31.1 Å². The Morgan fingerprint density at radius 3 is 2.73 bits per heavy atom. The van der Waals surface area contributed by atoms with Gasteiger partial charge in [-0.05, 0) is 49.9 Å². The van der Waals surface area contributed by atoms with E-state index >= 15 is 0 Å². The van der Waals surface area contributed by atoms with Crippen LogP contribution in [0.2, 0.25) is 0 Å². The Balaban J connectivity index is 1.82. The van der Waals surface area contributed by atoms with E-state index in [0.717, 1.165) is 11.3 Å². The molecule has 0 radical (unpaired) electrons.